The van der Waals surface area contributed by atoms with Crippen molar-refractivity contribution in [1.82, 2.24) is 0 Å². The molecule has 2 N–H and O–H groups in total. The number of hydrogen-bond acceptors (Lipinski definition) is 3. The normalized spacial score (nSPS) is 38.2. The highest BCUT2D eigenvalue weighted by Crippen LogP contribution is 2.67. The molecule has 4 nitrogen and oxygen atoms in total. The third-order valence-electron chi connectivity index (χ3n) is 11.9. The van der Waals surface area contributed by atoms with Crippen LogP contribution in [0.3, 0.4) is 0 Å². The van der Waals surface area contributed by atoms with Gasteiger partial charge < -0.3 is 5.11 Å². The highest BCUT2D eigenvalue weighted by atomic mass is 16.3. The van der Waals surface area contributed by atoms with Crippen molar-refractivity contribution in [3.05, 3.63) is 89.0 Å². The van der Waals surface area contributed by atoms with Gasteiger partial charge in [-0.25, -0.2) is 5.01 Å². The number of fused-ring (bicyclic) bond motifs is 5. The van der Waals surface area contributed by atoms with E-state index in [-0.39, 0.29) is 16.9 Å². The fraction of sp³-hybridized carbons (Fsp3) is 0.500. The van der Waals surface area contributed by atoms with Crippen molar-refractivity contribution in [2.75, 3.05) is 5.01 Å². The average molecular weight is 534 g/mol. The fourth-order valence-corrected chi connectivity index (χ4v) is 9.87. The largest absolute Gasteiger partial charge is 0.393 e. The van der Waals surface area contributed by atoms with Crippen LogP contribution in [-0.2, 0) is 0 Å². The van der Waals surface area contributed by atoms with Gasteiger partial charge in [-0.15, -0.1) is 0 Å². The van der Waals surface area contributed by atoms with Crippen molar-refractivity contribution >= 4 is 17.2 Å². The highest BCUT2D eigenvalue weighted by Gasteiger charge is 2.59. The van der Waals surface area contributed by atoms with Crippen LogP contribution in [-0.4, -0.2) is 22.8 Å². The van der Waals surface area contributed by atoms with Crippen molar-refractivity contribution in [1.29, 1.82) is 5.41 Å². The van der Waals surface area contributed by atoms with Gasteiger partial charge in [-0.05, 0) is 105 Å². The van der Waals surface area contributed by atoms with Gasteiger partial charge in [0.15, 0.2) is 5.84 Å². The van der Waals surface area contributed by atoms with Crippen LogP contribution in [0.1, 0.15) is 77.7 Å². The summed E-state index contributed by atoms with van der Waals surface area (Å²) in [4.78, 5) is 0. The smallest absolute Gasteiger partial charge is 0.156 e. The van der Waals surface area contributed by atoms with E-state index in [1.807, 2.05) is 41.4 Å². The molecule has 208 valence electrons. The summed E-state index contributed by atoms with van der Waals surface area (Å²) in [5.41, 5.74) is 7.41. The van der Waals surface area contributed by atoms with E-state index < -0.39 is 0 Å². The van der Waals surface area contributed by atoms with Crippen LogP contribution in [0.15, 0.2) is 88.6 Å². The van der Waals surface area contributed by atoms with E-state index in [9.17, 15) is 10.5 Å². The van der Waals surface area contributed by atoms with Crippen LogP contribution in [0, 0.1) is 39.9 Å². The first-order chi connectivity index (χ1) is 19.3. The van der Waals surface area contributed by atoms with Gasteiger partial charge in [0.05, 0.1) is 11.8 Å². The highest BCUT2D eigenvalue weighted by molar-refractivity contribution is 6.36. The molecule has 1 aliphatic heterocycles. The van der Waals surface area contributed by atoms with Crippen LogP contribution in [0.2, 0.25) is 0 Å². The lowest BCUT2D eigenvalue weighted by Crippen LogP contribution is -2.50. The summed E-state index contributed by atoms with van der Waals surface area (Å²) in [5.74, 6) is 3.15. The Kier molecular flexibility index (Phi) is 6.19. The van der Waals surface area contributed by atoms with Gasteiger partial charge >= 0.3 is 0 Å². The number of allylic oxidation sites excluding steroid dienone is 2. The van der Waals surface area contributed by atoms with Crippen LogP contribution in [0.5, 0.6) is 0 Å². The molecule has 0 unspecified atom stereocenters. The molecular weight excluding hydrogens is 490 g/mol. The lowest BCUT2D eigenvalue weighted by Gasteiger charge is -2.58. The Morgan fingerprint density at radius 1 is 0.925 bits per heavy atom. The molecule has 0 spiro atoms. The van der Waals surface area contributed by atoms with E-state index in [4.69, 9.17) is 5.10 Å². The summed E-state index contributed by atoms with van der Waals surface area (Å²) in [6.45, 7) is 7.41. The van der Waals surface area contributed by atoms with Crippen LogP contribution in [0.4, 0.5) is 5.69 Å². The Hall–Kier alpha value is -2.98. The molecule has 2 aromatic carbocycles. The number of amidine groups is 1. The number of nitrogens with one attached hydrogen (secondary N) is 1. The minimum atomic E-state index is -0.146. The number of anilines is 1. The van der Waals surface area contributed by atoms with E-state index in [0.717, 1.165) is 53.6 Å². The topological polar surface area (TPSA) is 59.7 Å². The molecule has 0 amide bonds. The Labute approximate surface area is 239 Å². The van der Waals surface area contributed by atoms with E-state index in [1.54, 1.807) is 5.57 Å². The Balaban J connectivity index is 1.25. The van der Waals surface area contributed by atoms with Gasteiger partial charge in [0.25, 0.3) is 0 Å². The zero-order valence-electron chi connectivity index (χ0n) is 24.2. The maximum absolute atomic E-state index is 10.4. The molecular formula is C36H43N3O. The van der Waals surface area contributed by atoms with Gasteiger partial charge in [-0.3, -0.25) is 5.41 Å². The van der Waals surface area contributed by atoms with Gasteiger partial charge in [0, 0.05) is 11.1 Å². The number of aliphatic hydroxyl groups excluding tert-OH is 1. The van der Waals surface area contributed by atoms with Crippen molar-refractivity contribution in [2.45, 2.75) is 78.2 Å². The van der Waals surface area contributed by atoms with Crippen LogP contribution >= 0.6 is 0 Å². The third kappa shape index (κ3) is 3.82. The summed E-state index contributed by atoms with van der Waals surface area (Å²) in [5, 5.41) is 26.7. The van der Waals surface area contributed by atoms with Crippen LogP contribution in [0.25, 0.3) is 0 Å². The SMILES string of the molecule is C/C(=C1\C(=N)N(c2ccccc2)N=C1c1ccccc1)[C@H]1CC[C@H]2[C@@H]3CC=C4C[C@@H](O)CC[C@]4(C)[C@H]3CC[C@]12C. The molecule has 4 aliphatic carbocycles. The molecule has 7 rings (SSSR count). The maximum atomic E-state index is 10.4. The van der Waals surface area contributed by atoms with Gasteiger partial charge in [-0.1, -0.05) is 79.6 Å². The molecule has 0 aromatic heterocycles. The Morgan fingerprint density at radius 2 is 1.65 bits per heavy atom. The molecule has 0 saturated heterocycles. The Bertz CT molecular complexity index is 1410. The average Bonchev–Trinajstić information content (AvgIpc) is 3.51. The number of nitrogens with zero attached hydrogens (tertiary/aromatic N) is 2. The van der Waals surface area contributed by atoms with E-state index in [0.29, 0.717) is 17.7 Å². The van der Waals surface area contributed by atoms with Crippen molar-refractivity contribution in [3.63, 3.8) is 0 Å². The molecule has 0 bridgehead atoms. The summed E-state index contributed by atoms with van der Waals surface area (Å²) < 4.78 is 0. The standard InChI is InChI=1S/C36H43N3O/c1-23(32-33(24-10-6-4-7-11-24)38-39(34(32)37)26-12-8-5-9-13-26)29-16-17-30-28-15-14-25-22-27(40)18-20-35(25,2)31(28)19-21-36(29,30)3/h4-14,27-31,37,40H,15-22H2,1-3H3/b32-23+,37-34?/t27-,28-,29+,30-,31-,35-,36+/m0/s1. The molecule has 0 radical (unpaired) electrons. The third-order valence-corrected chi connectivity index (χ3v) is 11.9. The van der Waals surface area contributed by atoms with Crippen molar-refractivity contribution in [3.8, 4) is 0 Å². The predicted octanol–water partition coefficient (Wildman–Crippen LogP) is 8.14. The summed E-state index contributed by atoms with van der Waals surface area (Å²) >= 11 is 0. The first kappa shape index (κ1) is 26.0. The van der Waals surface area contributed by atoms with Gasteiger partial charge in [0.2, 0.25) is 0 Å². The zero-order valence-corrected chi connectivity index (χ0v) is 24.2. The first-order valence-electron chi connectivity index (χ1n) is 15.5. The predicted molar refractivity (Wildman–Crippen MR) is 164 cm³/mol. The number of hydrazone groups is 1. The molecule has 3 saturated carbocycles. The summed E-state index contributed by atoms with van der Waals surface area (Å²) in [6.07, 6.45) is 11.6. The summed E-state index contributed by atoms with van der Waals surface area (Å²) in [6, 6.07) is 20.6. The second kappa shape index (κ2) is 9.55. The number of benzene rings is 2. The van der Waals surface area contributed by atoms with E-state index in [1.165, 1.54) is 37.7 Å². The Morgan fingerprint density at radius 3 is 2.40 bits per heavy atom. The molecule has 5 aliphatic rings. The number of aliphatic hydroxyl groups is 1. The maximum Gasteiger partial charge on any atom is 0.156 e. The van der Waals surface area contributed by atoms with Gasteiger partial charge in [-0.2, -0.15) is 5.10 Å². The first-order valence-corrected chi connectivity index (χ1v) is 15.5. The number of para-hydroxylation sites is 1. The van der Waals surface area contributed by atoms with Gasteiger partial charge in [0.1, 0.15) is 5.71 Å². The minimum Gasteiger partial charge on any atom is -0.393 e. The second-order valence-corrected chi connectivity index (χ2v) is 13.7. The molecule has 7 atom stereocenters. The fourth-order valence-electron chi connectivity index (χ4n) is 9.87. The van der Waals surface area contributed by atoms with E-state index in [2.05, 4.69) is 51.1 Å². The monoisotopic (exact) mass is 533 g/mol. The van der Waals surface area contributed by atoms with E-state index >= 15 is 0 Å². The number of hydrogen-bond donors (Lipinski definition) is 2. The molecule has 40 heavy (non-hydrogen) atoms. The lowest BCUT2D eigenvalue weighted by molar-refractivity contribution is -0.0454. The molecule has 1 heterocycles. The summed E-state index contributed by atoms with van der Waals surface area (Å²) in [7, 11) is 0. The van der Waals surface area contributed by atoms with Crippen molar-refractivity contribution < 1.29 is 5.11 Å². The van der Waals surface area contributed by atoms with Crippen LogP contribution < -0.4 is 5.01 Å². The number of rotatable bonds is 3. The lowest BCUT2D eigenvalue weighted by atomic mass is 9.47. The minimum absolute atomic E-state index is 0.146. The zero-order chi connectivity index (χ0) is 27.6. The van der Waals surface area contributed by atoms with Crippen molar-refractivity contribution in [2.24, 2.45) is 39.6 Å². The molecule has 3 fully saturated rings. The molecule has 2 aromatic rings. The quantitative estimate of drug-likeness (QED) is 0.391. The second-order valence-electron chi connectivity index (χ2n) is 13.7. The molecule has 4 heteroatoms.